The maximum atomic E-state index is 9.67. The number of oxazole rings is 1. The SMILES string of the molecule is COCCOCC(O)CNC(C)c1ncc(C)o1. The molecule has 0 aromatic carbocycles. The van der Waals surface area contributed by atoms with Crippen molar-refractivity contribution in [1.82, 2.24) is 10.3 Å². The fourth-order valence-corrected chi connectivity index (χ4v) is 1.39. The van der Waals surface area contributed by atoms with Crippen LogP contribution in [-0.2, 0) is 9.47 Å². The maximum absolute atomic E-state index is 9.67. The summed E-state index contributed by atoms with van der Waals surface area (Å²) < 4.78 is 15.5. The van der Waals surface area contributed by atoms with Gasteiger partial charge < -0.3 is 24.3 Å². The van der Waals surface area contributed by atoms with Crippen molar-refractivity contribution < 1.29 is 19.0 Å². The van der Waals surface area contributed by atoms with Gasteiger partial charge in [0.1, 0.15) is 5.76 Å². The standard InChI is InChI=1S/C12H22N2O4/c1-9-6-14-12(18-9)10(2)13-7-11(15)8-17-5-4-16-3/h6,10-11,13,15H,4-5,7-8H2,1-3H3. The molecule has 0 aliphatic rings. The van der Waals surface area contributed by atoms with Crippen LogP contribution in [0.1, 0.15) is 24.6 Å². The van der Waals surface area contributed by atoms with Crippen LogP contribution in [0.2, 0.25) is 0 Å². The van der Waals surface area contributed by atoms with Crippen LogP contribution in [-0.4, -0.2) is 49.7 Å². The number of ether oxygens (including phenoxy) is 2. The van der Waals surface area contributed by atoms with Crippen LogP contribution in [0.3, 0.4) is 0 Å². The third kappa shape index (κ3) is 5.59. The molecule has 6 heteroatoms. The summed E-state index contributed by atoms with van der Waals surface area (Å²) in [6.07, 6.45) is 1.12. The van der Waals surface area contributed by atoms with Gasteiger partial charge in [0, 0.05) is 13.7 Å². The lowest BCUT2D eigenvalue weighted by molar-refractivity contribution is 0.0128. The van der Waals surface area contributed by atoms with Crippen molar-refractivity contribution in [2.75, 3.05) is 33.5 Å². The number of hydrogen-bond acceptors (Lipinski definition) is 6. The van der Waals surface area contributed by atoms with Crippen molar-refractivity contribution in [3.8, 4) is 0 Å². The van der Waals surface area contributed by atoms with E-state index >= 15 is 0 Å². The third-order valence-electron chi connectivity index (χ3n) is 2.41. The minimum Gasteiger partial charge on any atom is -0.444 e. The molecule has 18 heavy (non-hydrogen) atoms. The number of methoxy groups -OCH3 is 1. The Bertz CT molecular complexity index is 330. The monoisotopic (exact) mass is 258 g/mol. The molecule has 1 rings (SSSR count). The Balaban J connectivity index is 2.15. The topological polar surface area (TPSA) is 76.8 Å². The van der Waals surface area contributed by atoms with Gasteiger partial charge in [-0.2, -0.15) is 0 Å². The summed E-state index contributed by atoms with van der Waals surface area (Å²) in [5.74, 6) is 1.40. The van der Waals surface area contributed by atoms with Crippen molar-refractivity contribution in [2.24, 2.45) is 0 Å². The Morgan fingerprint density at radius 3 is 2.89 bits per heavy atom. The van der Waals surface area contributed by atoms with E-state index in [0.29, 0.717) is 25.6 Å². The minimum absolute atomic E-state index is 0.0349. The van der Waals surface area contributed by atoms with Crippen molar-refractivity contribution in [3.05, 3.63) is 17.8 Å². The fraction of sp³-hybridized carbons (Fsp3) is 0.750. The molecule has 2 N–H and O–H groups in total. The molecule has 0 saturated heterocycles. The number of aliphatic hydroxyl groups is 1. The van der Waals surface area contributed by atoms with Crippen LogP contribution in [0.5, 0.6) is 0 Å². The molecule has 0 spiro atoms. The lowest BCUT2D eigenvalue weighted by Crippen LogP contribution is -2.32. The quantitative estimate of drug-likeness (QED) is 0.634. The van der Waals surface area contributed by atoms with Gasteiger partial charge in [0.05, 0.1) is 38.2 Å². The number of hydrogen-bond donors (Lipinski definition) is 2. The number of nitrogens with zero attached hydrogens (tertiary/aromatic N) is 1. The number of aliphatic hydroxyl groups excluding tert-OH is 1. The highest BCUT2D eigenvalue weighted by atomic mass is 16.5. The van der Waals surface area contributed by atoms with Gasteiger partial charge >= 0.3 is 0 Å². The van der Waals surface area contributed by atoms with Crippen LogP contribution in [0.25, 0.3) is 0 Å². The molecular formula is C12H22N2O4. The summed E-state index contributed by atoms with van der Waals surface area (Å²) in [5, 5.41) is 12.8. The minimum atomic E-state index is -0.555. The molecule has 6 nitrogen and oxygen atoms in total. The van der Waals surface area contributed by atoms with E-state index in [-0.39, 0.29) is 12.6 Å². The van der Waals surface area contributed by atoms with Crippen molar-refractivity contribution in [2.45, 2.75) is 26.0 Å². The van der Waals surface area contributed by atoms with E-state index in [0.717, 1.165) is 5.76 Å². The van der Waals surface area contributed by atoms with E-state index < -0.39 is 6.10 Å². The molecule has 0 amide bonds. The van der Waals surface area contributed by atoms with E-state index in [4.69, 9.17) is 13.9 Å². The molecular weight excluding hydrogens is 236 g/mol. The molecule has 1 aromatic rings. The van der Waals surface area contributed by atoms with Crippen molar-refractivity contribution in [3.63, 3.8) is 0 Å². The summed E-state index contributed by atoms with van der Waals surface area (Å²) in [7, 11) is 1.61. The summed E-state index contributed by atoms with van der Waals surface area (Å²) >= 11 is 0. The molecule has 0 bridgehead atoms. The molecule has 104 valence electrons. The predicted molar refractivity (Wildman–Crippen MR) is 66.4 cm³/mol. The first kappa shape index (κ1) is 15.1. The van der Waals surface area contributed by atoms with Gasteiger partial charge in [-0.3, -0.25) is 0 Å². The van der Waals surface area contributed by atoms with Gasteiger partial charge in [0.2, 0.25) is 5.89 Å². The Kier molecular flexibility index (Phi) is 6.89. The molecule has 0 aliphatic carbocycles. The van der Waals surface area contributed by atoms with Gasteiger partial charge in [-0.1, -0.05) is 0 Å². The first-order valence-electron chi connectivity index (χ1n) is 6.04. The average Bonchev–Trinajstić information content (AvgIpc) is 2.78. The zero-order chi connectivity index (χ0) is 13.4. The zero-order valence-electron chi connectivity index (χ0n) is 11.2. The lowest BCUT2D eigenvalue weighted by atomic mass is 10.3. The van der Waals surface area contributed by atoms with E-state index in [1.165, 1.54) is 0 Å². The fourth-order valence-electron chi connectivity index (χ4n) is 1.39. The van der Waals surface area contributed by atoms with Gasteiger partial charge in [0.15, 0.2) is 0 Å². The Hall–Kier alpha value is -0.950. The first-order chi connectivity index (χ1) is 8.63. The molecule has 2 atom stereocenters. The lowest BCUT2D eigenvalue weighted by Gasteiger charge is -2.15. The van der Waals surface area contributed by atoms with E-state index in [9.17, 15) is 5.11 Å². The molecule has 2 unspecified atom stereocenters. The molecule has 0 aliphatic heterocycles. The Labute approximate surface area is 107 Å². The molecule has 0 saturated carbocycles. The third-order valence-corrected chi connectivity index (χ3v) is 2.41. The van der Waals surface area contributed by atoms with Crippen LogP contribution in [0.4, 0.5) is 0 Å². The number of aryl methyl sites for hydroxylation is 1. The summed E-state index contributed by atoms with van der Waals surface area (Å²) in [6.45, 7) is 5.52. The smallest absolute Gasteiger partial charge is 0.211 e. The summed E-state index contributed by atoms with van der Waals surface area (Å²) in [4.78, 5) is 4.12. The van der Waals surface area contributed by atoms with Crippen molar-refractivity contribution >= 4 is 0 Å². The number of nitrogens with one attached hydrogen (secondary N) is 1. The predicted octanol–water partition coefficient (Wildman–Crippen LogP) is 0.658. The number of rotatable bonds is 9. The first-order valence-corrected chi connectivity index (χ1v) is 6.04. The van der Waals surface area contributed by atoms with Crippen molar-refractivity contribution in [1.29, 1.82) is 0 Å². The summed E-state index contributed by atoms with van der Waals surface area (Å²) in [6, 6.07) is -0.0349. The van der Waals surface area contributed by atoms with Gasteiger partial charge in [-0.25, -0.2) is 4.98 Å². The second-order valence-corrected chi connectivity index (χ2v) is 4.16. The average molecular weight is 258 g/mol. The highest BCUT2D eigenvalue weighted by molar-refractivity contribution is 4.94. The molecule has 0 radical (unpaired) electrons. The molecule has 1 aromatic heterocycles. The maximum Gasteiger partial charge on any atom is 0.211 e. The molecule has 1 heterocycles. The van der Waals surface area contributed by atoms with Gasteiger partial charge in [-0.15, -0.1) is 0 Å². The molecule has 0 fully saturated rings. The van der Waals surface area contributed by atoms with E-state index in [2.05, 4.69) is 10.3 Å². The van der Waals surface area contributed by atoms with Gasteiger partial charge in [0.25, 0.3) is 0 Å². The van der Waals surface area contributed by atoms with Crippen LogP contribution >= 0.6 is 0 Å². The van der Waals surface area contributed by atoms with Crippen LogP contribution < -0.4 is 5.32 Å². The van der Waals surface area contributed by atoms with E-state index in [1.807, 2.05) is 13.8 Å². The summed E-state index contributed by atoms with van der Waals surface area (Å²) in [5.41, 5.74) is 0. The Morgan fingerprint density at radius 2 is 2.28 bits per heavy atom. The highest BCUT2D eigenvalue weighted by Gasteiger charge is 2.12. The highest BCUT2D eigenvalue weighted by Crippen LogP contribution is 2.11. The second kappa shape index (κ2) is 8.20. The normalized spacial score (nSPS) is 14.7. The largest absolute Gasteiger partial charge is 0.444 e. The Morgan fingerprint density at radius 1 is 1.50 bits per heavy atom. The van der Waals surface area contributed by atoms with Crippen LogP contribution in [0, 0.1) is 6.92 Å². The number of aromatic nitrogens is 1. The van der Waals surface area contributed by atoms with Gasteiger partial charge in [-0.05, 0) is 13.8 Å². The second-order valence-electron chi connectivity index (χ2n) is 4.16. The zero-order valence-corrected chi connectivity index (χ0v) is 11.2. The van der Waals surface area contributed by atoms with E-state index in [1.54, 1.807) is 13.3 Å². The van der Waals surface area contributed by atoms with Crippen LogP contribution in [0.15, 0.2) is 10.6 Å².